The molecule has 2 amide bonds. The Morgan fingerprint density at radius 2 is 1.74 bits per heavy atom. The number of hydrogen-bond donors (Lipinski definition) is 2. The summed E-state index contributed by atoms with van der Waals surface area (Å²) in [4.78, 5) is 12.0. The number of hydrogen-bond acceptors (Lipinski definition) is 2. The van der Waals surface area contributed by atoms with Crippen molar-refractivity contribution in [1.82, 2.24) is 9.99 Å². The molecule has 0 radical (unpaired) electrons. The van der Waals surface area contributed by atoms with Crippen molar-refractivity contribution in [2.75, 3.05) is 5.32 Å². The van der Waals surface area contributed by atoms with Crippen molar-refractivity contribution in [1.29, 1.82) is 0 Å². The van der Waals surface area contributed by atoms with E-state index < -0.39 is 0 Å². The van der Waals surface area contributed by atoms with E-state index in [2.05, 4.69) is 52.5 Å². The minimum absolute atomic E-state index is 0.362. The van der Waals surface area contributed by atoms with Crippen LogP contribution in [0.3, 0.4) is 0 Å². The lowest BCUT2D eigenvalue weighted by Crippen LogP contribution is -2.24. The van der Waals surface area contributed by atoms with Gasteiger partial charge in [0.15, 0.2) is 0 Å². The molecule has 2 N–H and O–H groups in total. The number of para-hydroxylation sites is 1. The molecule has 1 heterocycles. The number of rotatable bonds is 5. The molecule has 0 spiro atoms. The number of nitrogens with one attached hydrogen (secondary N) is 2. The van der Waals surface area contributed by atoms with Crippen molar-refractivity contribution in [3.63, 3.8) is 0 Å². The molecule has 0 fully saturated rings. The first-order valence-electron chi connectivity index (χ1n) is 8.91. The van der Waals surface area contributed by atoms with Crippen LogP contribution in [-0.2, 0) is 6.54 Å². The van der Waals surface area contributed by atoms with Crippen molar-refractivity contribution in [3.8, 4) is 0 Å². The fraction of sp³-hybridized carbons (Fsp3) is 0.182. The Labute approximate surface area is 159 Å². The molecule has 27 heavy (non-hydrogen) atoms. The Morgan fingerprint density at radius 1 is 1.04 bits per heavy atom. The minimum atomic E-state index is -0.362. The summed E-state index contributed by atoms with van der Waals surface area (Å²) in [5.41, 5.74) is 8.79. The van der Waals surface area contributed by atoms with E-state index in [1.54, 1.807) is 6.21 Å². The Bertz CT molecular complexity index is 958. The SMILES string of the molecule is Cc1ccccc1NC(=O)NN=Cc1cc(C)n(Cc2ccccc2)c1C. The number of anilines is 1. The van der Waals surface area contributed by atoms with E-state index in [-0.39, 0.29) is 6.03 Å². The van der Waals surface area contributed by atoms with Gasteiger partial charge in [-0.1, -0.05) is 48.5 Å². The maximum atomic E-state index is 12.0. The van der Waals surface area contributed by atoms with Gasteiger partial charge < -0.3 is 9.88 Å². The first-order valence-corrected chi connectivity index (χ1v) is 8.91. The maximum absolute atomic E-state index is 12.0. The van der Waals surface area contributed by atoms with Crippen LogP contribution in [0.15, 0.2) is 65.8 Å². The third-order valence-corrected chi connectivity index (χ3v) is 4.56. The predicted molar refractivity (Wildman–Crippen MR) is 110 cm³/mol. The summed E-state index contributed by atoms with van der Waals surface area (Å²) < 4.78 is 2.24. The number of hydrazone groups is 1. The van der Waals surface area contributed by atoms with E-state index in [9.17, 15) is 4.79 Å². The van der Waals surface area contributed by atoms with Crippen LogP contribution in [0.5, 0.6) is 0 Å². The molecule has 5 nitrogen and oxygen atoms in total. The minimum Gasteiger partial charge on any atom is -0.344 e. The van der Waals surface area contributed by atoms with Gasteiger partial charge in [-0.25, -0.2) is 10.2 Å². The number of aromatic nitrogens is 1. The highest BCUT2D eigenvalue weighted by Gasteiger charge is 2.08. The molecular formula is C22H24N4O. The Balaban J connectivity index is 1.64. The lowest BCUT2D eigenvalue weighted by Gasteiger charge is -2.09. The number of benzene rings is 2. The van der Waals surface area contributed by atoms with Crippen LogP contribution in [-0.4, -0.2) is 16.8 Å². The van der Waals surface area contributed by atoms with Crippen molar-refractivity contribution in [2.24, 2.45) is 5.10 Å². The van der Waals surface area contributed by atoms with Gasteiger partial charge >= 0.3 is 6.03 Å². The van der Waals surface area contributed by atoms with E-state index in [0.717, 1.165) is 34.7 Å². The number of carbonyl (C=O) groups is 1. The summed E-state index contributed by atoms with van der Waals surface area (Å²) in [5, 5.41) is 6.88. The zero-order valence-corrected chi connectivity index (χ0v) is 15.9. The summed E-state index contributed by atoms with van der Waals surface area (Å²) in [5.74, 6) is 0. The van der Waals surface area contributed by atoms with Crippen molar-refractivity contribution >= 4 is 17.9 Å². The molecule has 138 valence electrons. The number of amides is 2. The highest BCUT2D eigenvalue weighted by Crippen LogP contribution is 2.16. The quantitative estimate of drug-likeness (QED) is 0.506. The van der Waals surface area contributed by atoms with Gasteiger partial charge in [-0.2, -0.15) is 5.10 Å². The predicted octanol–water partition coefficient (Wildman–Crippen LogP) is 4.62. The summed E-state index contributed by atoms with van der Waals surface area (Å²) in [6.45, 7) is 6.89. The van der Waals surface area contributed by atoms with E-state index in [4.69, 9.17) is 0 Å². The van der Waals surface area contributed by atoms with Gasteiger partial charge in [0.25, 0.3) is 0 Å². The van der Waals surface area contributed by atoms with Crippen LogP contribution >= 0.6 is 0 Å². The summed E-state index contributed by atoms with van der Waals surface area (Å²) >= 11 is 0. The van der Waals surface area contributed by atoms with E-state index in [1.807, 2.05) is 49.4 Å². The molecule has 1 aromatic heterocycles. The highest BCUT2D eigenvalue weighted by molar-refractivity contribution is 5.91. The molecule has 0 unspecified atom stereocenters. The first-order chi connectivity index (χ1) is 13.0. The Hall–Kier alpha value is -3.34. The van der Waals surface area contributed by atoms with Gasteiger partial charge in [0.1, 0.15) is 0 Å². The third kappa shape index (κ3) is 4.64. The molecule has 0 atom stereocenters. The van der Waals surface area contributed by atoms with Crippen LogP contribution in [0.4, 0.5) is 10.5 Å². The molecule has 0 saturated carbocycles. The third-order valence-electron chi connectivity index (χ3n) is 4.56. The number of carbonyl (C=O) groups excluding carboxylic acids is 1. The second-order valence-corrected chi connectivity index (χ2v) is 6.54. The molecule has 0 saturated heterocycles. The van der Waals surface area contributed by atoms with E-state index >= 15 is 0 Å². The fourth-order valence-electron chi connectivity index (χ4n) is 2.99. The lowest BCUT2D eigenvalue weighted by atomic mass is 10.2. The number of aryl methyl sites for hydroxylation is 2. The van der Waals surface area contributed by atoms with Crippen LogP contribution in [0, 0.1) is 20.8 Å². The number of nitrogens with zero attached hydrogens (tertiary/aromatic N) is 2. The zero-order chi connectivity index (χ0) is 19.2. The summed E-state index contributed by atoms with van der Waals surface area (Å²) in [6, 6.07) is 19.7. The Kier molecular flexibility index (Phi) is 5.71. The lowest BCUT2D eigenvalue weighted by molar-refractivity contribution is 0.252. The van der Waals surface area contributed by atoms with Crippen molar-refractivity contribution in [3.05, 3.63) is 88.7 Å². The number of urea groups is 1. The second kappa shape index (κ2) is 8.36. The molecule has 5 heteroatoms. The molecule has 0 aliphatic heterocycles. The van der Waals surface area contributed by atoms with Gasteiger partial charge in [-0.05, 0) is 44.0 Å². The average Bonchev–Trinajstić information content (AvgIpc) is 2.92. The van der Waals surface area contributed by atoms with E-state index in [0.29, 0.717) is 0 Å². The average molecular weight is 360 g/mol. The van der Waals surface area contributed by atoms with Crippen molar-refractivity contribution in [2.45, 2.75) is 27.3 Å². The van der Waals surface area contributed by atoms with Crippen LogP contribution in [0.25, 0.3) is 0 Å². The second-order valence-electron chi connectivity index (χ2n) is 6.54. The molecule has 0 bridgehead atoms. The maximum Gasteiger partial charge on any atom is 0.339 e. The van der Waals surface area contributed by atoms with Crippen LogP contribution in [0.1, 0.15) is 28.1 Å². The van der Waals surface area contributed by atoms with E-state index in [1.165, 1.54) is 5.56 Å². The molecule has 0 aliphatic rings. The van der Waals surface area contributed by atoms with Gasteiger partial charge in [0.2, 0.25) is 0 Å². The summed E-state index contributed by atoms with van der Waals surface area (Å²) in [6.07, 6.45) is 1.68. The zero-order valence-electron chi connectivity index (χ0n) is 15.9. The van der Waals surface area contributed by atoms with Gasteiger partial charge in [-0.3, -0.25) is 0 Å². The van der Waals surface area contributed by atoms with Crippen LogP contribution in [0.2, 0.25) is 0 Å². The normalized spacial score (nSPS) is 10.9. The molecular weight excluding hydrogens is 336 g/mol. The standard InChI is InChI=1S/C22H24N4O/c1-16-9-7-8-12-21(16)24-22(27)25-23-14-20-13-17(2)26(18(20)3)15-19-10-5-4-6-11-19/h4-14H,15H2,1-3H3,(H2,24,25,27). The summed E-state index contributed by atoms with van der Waals surface area (Å²) in [7, 11) is 0. The smallest absolute Gasteiger partial charge is 0.339 e. The van der Waals surface area contributed by atoms with Gasteiger partial charge in [0.05, 0.1) is 6.21 Å². The van der Waals surface area contributed by atoms with Gasteiger partial charge in [-0.15, -0.1) is 0 Å². The Morgan fingerprint density at radius 3 is 2.48 bits per heavy atom. The van der Waals surface area contributed by atoms with Crippen molar-refractivity contribution < 1.29 is 4.79 Å². The molecule has 0 aliphatic carbocycles. The highest BCUT2D eigenvalue weighted by atomic mass is 16.2. The fourth-order valence-corrected chi connectivity index (χ4v) is 2.99. The first kappa shape index (κ1) is 18.5. The largest absolute Gasteiger partial charge is 0.344 e. The molecule has 3 aromatic rings. The molecule has 3 rings (SSSR count). The monoisotopic (exact) mass is 360 g/mol. The topological polar surface area (TPSA) is 58.4 Å². The van der Waals surface area contributed by atoms with Gasteiger partial charge in [0, 0.05) is 29.2 Å². The molecule has 2 aromatic carbocycles. The van der Waals surface area contributed by atoms with Crippen LogP contribution < -0.4 is 10.7 Å².